The molecule has 3 aromatic carbocycles. The fourth-order valence-corrected chi connectivity index (χ4v) is 4.88. The average molecular weight is 555 g/mol. The molecular formula is C27H25F3N6O2S. The van der Waals surface area contributed by atoms with Gasteiger partial charge in [0.2, 0.25) is 16.0 Å². The molecule has 202 valence electrons. The summed E-state index contributed by atoms with van der Waals surface area (Å²) in [5, 5.41) is 6.24. The van der Waals surface area contributed by atoms with Crippen LogP contribution in [0.1, 0.15) is 16.7 Å². The van der Waals surface area contributed by atoms with Gasteiger partial charge in [0.05, 0.1) is 11.9 Å². The maximum absolute atomic E-state index is 14.0. The van der Waals surface area contributed by atoms with Crippen LogP contribution in [0.25, 0.3) is 0 Å². The Balaban J connectivity index is 1.41. The number of halogens is 3. The van der Waals surface area contributed by atoms with Gasteiger partial charge in [0, 0.05) is 49.0 Å². The van der Waals surface area contributed by atoms with Crippen LogP contribution >= 0.6 is 0 Å². The molecule has 0 saturated carbocycles. The van der Waals surface area contributed by atoms with Gasteiger partial charge < -0.3 is 15.5 Å². The molecular weight excluding hydrogens is 529 g/mol. The van der Waals surface area contributed by atoms with Crippen LogP contribution in [0.4, 0.5) is 47.7 Å². The molecule has 1 aliphatic rings. The third-order valence-corrected chi connectivity index (χ3v) is 7.56. The number of alkyl halides is 3. The number of nitrogens with one attached hydrogen (secondary N) is 2. The van der Waals surface area contributed by atoms with E-state index in [-0.39, 0.29) is 24.9 Å². The van der Waals surface area contributed by atoms with Crippen molar-refractivity contribution in [1.29, 1.82) is 0 Å². The molecule has 0 saturated heterocycles. The van der Waals surface area contributed by atoms with Crippen LogP contribution < -0.4 is 19.8 Å². The van der Waals surface area contributed by atoms with Crippen molar-refractivity contribution in [1.82, 2.24) is 9.97 Å². The zero-order valence-electron chi connectivity index (χ0n) is 21.1. The molecule has 12 heteroatoms. The molecule has 0 spiro atoms. The van der Waals surface area contributed by atoms with Crippen LogP contribution in [0.2, 0.25) is 0 Å². The molecule has 5 rings (SSSR count). The fourth-order valence-electron chi connectivity index (χ4n) is 4.36. The Bertz CT molecular complexity index is 1600. The minimum Gasteiger partial charge on any atom is -0.356 e. The Morgan fingerprint density at radius 3 is 2.15 bits per heavy atom. The lowest BCUT2D eigenvalue weighted by Gasteiger charge is -2.23. The first-order valence-corrected chi connectivity index (χ1v) is 13.8. The van der Waals surface area contributed by atoms with Crippen molar-refractivity contribution >= 4 is 44.5 Å². The highest BCUT2D eigenvalue weighted by Gasteiger charge is 2.38. The highest BCUT2D eigenvalue weighted by Crippen LogP contribution is 2.40. The van der Waals surface area contributed by atoms with Crippen molar-refractivity contribution in [3.63, 3.8) is 0 Å². The monoisotopic (exact) mass is 554 g/mol. The fraction of sp³-hybridized carbons (Fsp3) is 0.185. The molecule has 0 atom stereocenters. The van der Waals surface area contributed by atoms with E-state index in [1.165, 1.54) is 11.9 Å². The number of sulfonamides is 1. The molecule has 1 aromatic heterocycles. The van der Waals surface area contributed by atoms with Gasteiger partial charge in [0.15, 0.2) is 0 Å². The van der Waals surface area contributed by atoms with E-state index < -0.39 is 21.8 Å². The zero-order valence-corrected chi connectivity index (χ0v) is 21.9. The van der Waals surface area contributed by atoms with Gasteiger partial charge in [0.25, 0.3) is 0 Å². The summed E-state index contributed by atoms with van der Waals surface area (Å²) in [6.45, 7) is 0.199. The topological polar surface area (TPSA) is 90.5 Å². The summed E-state index contributed by atoms with van der Waals surface area (Å²) in [5.41, 5.74) is 3.17. The van der Waals surface area contributed by atoms with E-state index in [0.717, 1.165) is 33.7 Å². The molecule has 1 aliphatic heterocycles. The third kappa shape index (κ3) is 5.75. The molecule has 0 fully saturated rings. The van der Waals surface area contributed by atoms with E-state index in [9.17, 15) is 21.6 Å². The van der Waals surface area contributed by atoms with Crippen LogP contribution in [0.5, 0.6) is 0 Å². The number of para-hydroxylation sites is 1. The molecule has 0 bridgehead atoms. The second-order valence-electron chi connectivity index (χ2n) is 9.12. The number of nitrogens with zero attached hydrogens (tertiary/aromatic N) is 4. The summed E-state index contributed by atoms with van der Waals surface area (Å²) < 4.78 is 67.3. The Hall–Kier alpha value is -4.32. The quantitative estimate of drug-likeness (QED) is 0.294. The molecule has 8 nitrogen and oxygen atoms in total. The maximum Gasteiger partial charge on any atom is 0.421 e. The summed E-state index contributed by atoms with van der Waals surface area (Å²) in [6.07, 6.45) is -2.84. The number of fused-ring (bicyclic) bond motifs is 1. The lowest BCUT2D eigenvalue weighted by molar-refractivity contribution is -0.137. The highest BCUT2D eigenvalue weighted by molar-refractivity contribution is 7.92. The minimum absolute atomic E-state index is 0.00574. The lowest BCUT2D eigenvalue weighted by atomic mass is 10.1. The van der Waals surface area contributed by atoms with Crippen molar-refractivity contribution < 1.29 is 21.6 Å². The van der Waals surface area contributed by atoms with Gasteiger partial charge in [0.1, 0.15) is 11.4 Å². The molecule has 0 aliphatic carbocycles. The summed E-state index contributed by atoms with van der Waals surface area (Å²) in [7, 11) is -2.14. The van der Waals surface area contributed by atoms with Gasteiger partial charge in [-0.25, -0.2) is 13.4 Å². The molecule has 4 aromatic rings. The van der Waals surface area contributed by atoms with Crippen LogP contribution in [0, 0.1) is 0 Å². The van der Waals surface area contributed by atoms with Crippen LogP contribution in [0.15, 0.2) is 79.0 Å². The lowest BCUT2D eigenvalue weighted by Crippen LogP contribution is -2.26. The highest BCUT2D eigenvalue weighted by atomic mass is 32.2. The Labute approximate surface area is 224 Å². The van der Waals surface area contributed by atoms with E-state index >= 15 is 0 Å². The van der Waals surface area contributed by atoms with Crippen LogP contribution in [-0.4, -0.2) is 31.7 Å². The van der Waals surface area contributed by atoms with E-state index in [0.29, 0.717) is 16.9 Å². The van der Waals surface area contributed by atoms with Gasteiger partial charge in [-0.2, -0.15) is 18.2 Å². The second-order valence-corrected chi connectivity index (χ2v) is 11.1. The number of rotatable bonds is 7. The standard InChI is InChI=1S/C27H25F3N6O2S/c1-35(39(2,37)38)24-10-6-7-18-16-36(17-22(18)24)25-23(27(28,29)30)15-31-26(34-25)33-21-13-11-20(12-14-21)32-19-8-4-3-5-9-19/h3-15,32H,16-17H2,1-2H3,(H,31,33,34). The largest absolute Gasteiger partial charge is 0.421 e. The summed E-state index contributed by atoms with van der Waals surface area (Å²) >= 11 is 0. The Morgan fingerprint density at radius 2 is 1.51 bits per heavy atom. The predicted molar refractivity (Wildman–Crippen MR) is 146 cm³/mol. The summed E-state index contributed by atoms with van der Waals surface area (Å²) in [4.78, 5) is 9.65. The molecule has 39 heavy (non-hydrogen) atoms. The number of hydrogen-bond donors (Lipinski definition) is 2. The minimum atomic E-state index is -4.68. The van der Waals surface area contributed by atoms with Crippen molar-refractivity contribution in [3.05, 3.63) is 95.7 Å². The molecule has 0 radical (unpaired) electrons. The molecule has 0 amide bonds. The SMILES string of the molecule is CN(c1cccc2c1CN(c1nc(Nc3ccc(Nc4ccccc4)cc3)ncc1C(F)(F)F)C2)S(C)(=O)=O. The molecule has 2 heterocycles. The van der Waals surface area contributed by atoms with Crippen LogP contribution in [-0.2, 0) is 29.3 Å². The smallest absolute Gasteiger partial charge is 0.356 e. The van der Waals surface area contributed by atoms with E-state index in [2.05, 4.69) is 20.6 Å². The van der Waals surface area contributed by atoms with E-state index in [4.69, 9.17) is 0 Å². The molecule has 2 N–H and O–H groups in total. The first-order valence-electron chi connectivity index (χ1n) is 11.9. The van der Waals surface area contributed by atoms with Crippen molar-refractivity contribution in [3.8, 4) is 0 Å². The molecule has 0 unspecified atom stereocenters. The second kappa shape index (κ2) is 10.1. The van der Waals surface area contributed by atoms with Crippen molar-refractivity contribution in [2.24, 2.45) is 0 Å². The Morgan fingerprint density at radius 1 is 0.872 bits per heavy atom. The van der Waals surface area contributed by atoms with Gasteiger partial charge >= 0.3 is 6.18 Å². The van der Waals surface area contributed by atoms with Gasteiger partial charge in [-0.15, -0.1) is 0 Å². The predicted octanol–water partition coefficient (Wildman–Crippen LogP) is 5.90. The number of hydrogen-bond acceptors (Lipinski definition) is 7. The number of anilines is 6. The number of benzene rings is 3. The van der Waals surface area contributed by atoms with Crippen LogP contribution in [0.3, 0.4) is 0 Å². The van der Waals surface area contributed by atoms with E-state index in [1.807, 2.05) is 42.5 Å². The van der Waals surface area contributed by atoms with Gasteiger partial charge in [-0.1, -0.05) is 30.3 Å². The Kier molecular flexibility index (Phi) is 6.81. The van der Waals surface area contributed by atoms with Gasteiger partial charge in [-0.05, 0) is 48.0 Å². The normalized spacial score (nSPS) is 13.2. The summed E-state index contributed by atoms with van der Waals surface area (Å²) in [5.74, 6) is -0.280. The third-order valence-electron chi connectivity index (χ3n) is 6.37. The zero-order chi connectivity index (χ0) is 27.8. The van der Waals surface area contributed by atoms with Crippen molar-refractivity contribution in [2.75, 3.05) is 33.1 Å². The first-order chi connectivity index (χ1) is 18.5. The average Bonchev–Trinajstić information content (AvgIpc) is 3.33. The van der Waals surface area contributed by atoms with Crippen molar-refractivity contribution in [2.45, 2.75) is 19.3 Å². The first kappa shape index (κ1) is 26.3. The maximum atomic E-state index is 14.0. The van der Waals surface area contributed by atoms with E-state index in [1.54, 1.807) is 30.3 Å². The van der Waals surface area contributed by atoms with Gasteiger partial charge in [-0.3, -0.25) is 4.31 Å². The number of aromatic nitrogens is 2. The summed E-state index contributed by atoms with van der Waals surface area (Å²) in [6, 6.07) is 21.9.